The molecule has 4 heteroatoms. The molecule has 0 atom stereocenters. The molecule has 0 aromatic rings. The molecule has 0 aliphatic heterocycles. The number of hydrogen-bond donors (Lipinski definition) is 2. The number of amides is 1. The van der Waals surface area contributed by atoms with Crippen molar-refractivity contribution in [1.29, 1.82) is 0 Å². The molecule has 0 aliphatic rings. The van der Waals surface area contributed by atoms with Crippen LogP contribution in [-0.4, -0.2) is 11.1 Å². The summed E-state index contributed by atoms with van der Waals surface area (Å²) in [4.78, 5) is 9.45. The maximum absolute atomic E-state index is 9.45. The van der Waals surface area contributed by atoms with Crippen LogP contribution in [0.3, 0.4) is 0 Å². The Balaban J connectivity index is 0. The Labute approximate surface area is 60.9 Å². The van der Waals surface area contributed by atoms with Gasteiger partial charge in [0.2, 0.25) is 5.91 Å². The summed E-state index contributed by atoms with van der Waals surface area (Å²) < 4.78 is 0. The molecular formula is C2H5NO2Y. The molecule has 1 amide bonds. The molecule has 6 heavy (non-hydrogen) atoms. The van der Waals surface area contributed by atoms with Gasteiger partial charge in [0.1, 0.15) is 0 Å². The fraction of sp³-hybridized carbons (Fsp3) is 0.500. The van der Waals surface area contributed by atoms with Gasteiger partial charge in [-0.25, -0.2) is 5.48 Å². The predicted molar refractivity (Wildman–Crippen MR) is 15.6 cm³/mol. The molecular weight excluding hydrogens is 159 g/mol. The third-order valence-corrected chi connectivity index (χ3v) is 0.157. The number of carbonyl (C=O) groups excluding carboxylic acids is 1. The van der Waals surface area contributed by atoms with Crippen LogP contribution in [0.1, 0.15) is 6.92 Å². The predicted octanol–water partition coefficient (Wildman–Crippen LogP) is -0.491. The van der Waals surface area contributed by atoms with E-state index in [0.29, 0.717) is 0 Å². The van der Waals surface area contributed by atoms with Crippen molar-refractivity contribution < 1.29 is 42.7 Å². The van der Waals surface area contributed by atoms with Crippen LogP contribution in [-0.2, 0) is 37.5 Å². The zero-order valence-corrected chi connectivity index (χ0v) is 6.27. The van der Waals surface area contributed by atoms with Crippen molar-refractivity contribution >= 4 is 5.91 Å². The molecule has 0 saturated carbocycles. The molecule has 2 N–H and O–H groups in total. The maximum Gasteiger partial charge on any atom is 0.240 e. The van der Waals surface area contributed by atoms with Crippen LogP contribution in [0.15, 0.2) is 0 Å². The molecule has 1 radical (unpaired) electrons. The van der Waals surface area contributed by atoms with E-state index in [-0.39, 0.29) is 32.7 Å². The summed E-state index contributed by atoms with van der Waals surface area (Å²) in [5.74, 6) is -0.440. The molecule has 0 spiro atoms. The van der Waals surface area contributed by atoms with Crippen molar-refractivity contribution in [3.63, 3.8) is 0 Å². The van der Waals surface area contributed by atoms with Crippen LogP contribution in [0.2, 0.25) is 0 Å². The number of nitrogens with one attached hydrogen (secondary N) is 1. The second-order valence-electron chi connectivity index (χ2n) is 0.668. The van der Waals surface area contributed by atoms with Crippen molar-refractivity contribution in [2.45, 2.75) is 6.92 Å². The first-order valence-corrected chi connectivity index (χ1v) is 1.18. The minimum Gasteiger partial charge on any atom is -0.289 e. The average Bonchev–Trinajstić information content (AvgIpc) is 1.38. The van der Waals surface area contributed by atoms with Crippen LogP contribution in [0, 0.1) is 0 Å². The van der Waals surface area contributed by atoms with Crippen LogP contribution in [0.25, 0.3) is 0 Å². The molecule has 0 saturated heterocycles. The number of carbonyl (C=O) groups is 1. The van der Waals surface area contributed by atoms with Gasteiger partial charge in [0.25, 0.3) is 0 Å². The van der Waals surface area contributed by atoms with Gasteiger partial charge >= 0.3 is 0 Å². The second-order valence-corrected chi connectivity index (χ2v) is 0.668. The van der Waals surface area contributed by atoms with E-state index >= 15 is 0 Å². The van der Waals surface area contributed by atoms with Gasteiger partial charge in [0.05, 0.1) is 0 Å². The van der Waals surface area contributed by atoms with E-state index in [9.17, 15) is 4.79 Å². The fourth-order valence-corrected chi connectivity index (χ4v) is 0. The molecule has 0 heterocycles. The minimum absolute atomic E-state index is 0. The van der Waals surface area contributed by atoms with Gasteiger partial charge in [-0.05, 0) is 0 Å². The molecule has 0 aromatic carbocycles. The summed E-state index contributed by atoms with van der Waals surface area (Å²) >= 11 is 0. The van der Waals surface area contributed by atoms with Crippen LogP contribution in [0.5, 0.6) is 0 Å². The largest absolute Gasteiger partial charge is 0.289 e. The van der Waals surface area contributed by atoms with Gasteiger partial charge in [-0.3, -0.25) is 10.0 Å². The van der Waals surface area contributed by atoms with Crippen LogP contribution in [0.4, 0.5) is 0 Å². The van der Waals surface area contributed by atoms with E-state index < -0.39 is 5.91 Å². The summed E-state index contributed by atoms with van der Waals surface area (Å²) in [6.07, 6.45) is 0. The minimum atomic E-state index is -0.440. The van der Waals surface area contributed by atoms with Gasteiger partial charge in [0.15, 0.2) is 0 Å². The zero-order chi connectivity index (χ0) is 4.28. The topological polar surface area (TPSA) is 49.3 Å². The van der Waals surface area contributed by atoms with Gasteiger partial charge in [-0.2, -0.15) is 0 Å². The molecule has 33 valence electrons. The Bertz CT molecular complexity index is 46.8. The zero-order valence-electron chi connectivity index (χ0n) is 3.43. The van der Waals surface area contributed by atoms with E-state index in [4.69, 9.17) is 5.21 Å². The summed E-state index contributed by atoms with van der Waals surface area (Å²) in [6, 6.07) is 0. The Morgan fingerprint density at radius 3 is 2.00 bits per heavy atom. The number of hydroxylamine groups is 1. The van der Waals surface area contributed by atoms with E-state index in [1.165, 1.54) is 12.4 Å². The molecule has 0 aliphatic carbocycles. The normalized spacial score (nSPS) is 5.67. The van der Waals surface area contributed by atoms with Gasteiger partial charge < -0.3 is 0 Å². The van der Waals surface area contributed by atoms with Crippen molar-refractivity contribution in [3.05, 3.63) is 0 Å². The molecule has 0 unspecified atom stereocenters. The maximum atomic E-state index is 9.45. The summed E-state index contributed by atoms with van der Waals surface area (Å²) in [5, 5.41) is 7.54. The van der Waals surface area contributed by atoms with Crippen LogP contribution < -0.4 is 5.48 Å². The first-order chi connectivity index (χ1) is 2.27. The van der Waals surface area contributed by atoms with Gasteiger partial charge in [0, 0.05) is 39.6 Å². The number of hydrogen-bond acceptors (Lipinski definition) is 2. The number of rotatable bonds is 0. The third kappa shape index (κ3) is 8.82. The van der Waals surface area contributed by atoms with E-state index in [2.05, 4.69) is 0 Å². The molecule has 0 rings (SSSR count). The van der Waals surface area contributed by atoms with Crippen molar-refractivity contribution in [2.24, 2.45) is 0 Å². The summed E-state index contributed by atoms with van der Waals surface area (Å²) in [7, 11) is 0. The summed E-state index contributed by atoms with van der Waals surface area (Å²) in [6.45, 7) is 1.22. The first kappa shape index (κ1) is 9.73. The van der Waals surface area contributed by atoms with Crippen LogP contribution >= 0.6 is 0 Å². The Kier molecular flexibility index (Phi) is 8.98. The molecule has 0 aromatic heterocycles. The van der Waals surface area contributed by atoms with Crippen molar-refractivity contribution in [1.82, 2.24) is 5.48 Å². The van der Waals surface area contributed by atoms with E-state index in [1.54, 1.807) is 0 Å². The Morgan fingerprint density at radius 1 is 1.83 bits per heavy atom. The molecule has 0 bridgehead atoms. The monoisotopic (exact) mass is 164 g/mol. The van der Waals surface area contributed by atoms with E-state index in [0.717, 1.165) is 0 Å². The van der Waals surface area contributed by atoms with Gasteiger partial charge in [-0.15, -0.1) is 0 Å². The summed E-state index contributed by atoms with van der Waals surface area (Å²) in [5.41, 5.74) is 1.39. The standard InChI is InChI=1S/C2H5NO2.Y/c1-2(4)3-5;/h5H,1H3,(H,3,4);. The quantitative estimate of drug-likeness (QED) is 0.374. The molecule has 3 nitrogen and oxygen atoms in total. The molecule has 0 fully saturated rings. The average molecular weight is 164 g/mol. The smallest absolute Gasteiger partial charge is 0.240 e. The Morgan fingerprint density at radius 2 is 2.00 bits per heavy atom. The van der Waals surface area contributed by atoms with Crippen molar-refractivity contribution in [3.8, 4) is 0 Å². The fourth-order valence-electron chi connectivity index (χ4n) is 0. The first-order valence-electron chi connectivity index (χ1n) is 1.18. The van der Waals surface area contributed by atoms with Gasteiger partial charge in [-0.1, -0.05) is 0 Å². The third-order valence-electron chi connectivity index (χ3n) is 0.157. The SMILES string of the molecule is CC(=O)NO.[Y]. The van der Waals surface area contributed by atoms with E-state index in [1.807, 2.05) is 0 Å². The Hall–Kier alpha value is 0.534. The van der Waals surface area contributed by atoms with Crippen molar-refractivity contribution in [2.75, 3.05) is 0 Å². The second kappa shape index (κ2) is 5.53.